The average Bonchev–Trinajstić information content (AvgIpc) is 3.11. The van der Waals surface area contributed by atoms with Crippen molar-refractivity contribution in [3.8, 4) is 11.4 Å². The van der Waals surface area contributed by atoms with Crippen LogP contribution in [0.25, 0.3) is 27.6 Å². The van der Waals surface area contributed by atoms with Crippen molar-refractivity contribution in [2.24, 2.45) is 0 Å². The summed E-state index contributed by atoms with van der Waals surface area (Å²) in [5, 5.41) is 3.76. The number of ether oxygens (including phenoxy) is 1. The molecule has 1 aliphatic rings. The molecule has 0 spiro atoms. The van der Waals surface area contributed by atoms with Crippen LogP contribution in [0.1, 0.15) is 0 Å². The lowest BCUT2D eigenvalue weighted by atomic mass is 10.2. The number of methoxy groups -OCH3 is 1. The first-order chi connectivity index (χ1) is 14.1. The Morgan fingerprint density at radius 2 is 1.79 bits per heavy atom. The van der Waals surface area contributed by atoms with Gasteiger partial charge >= 0.3 is 0 Å². The van der Waals surface area contributed by atoms with Crippen molar-refractivity contribution < 1.29 is 4.74 Å². The van der Waals surface area contributed by atoms with Crippen molar-refractivity contribution in [1.82, 2.24) is 24.6 Å². The summed E-state index contributed by atoms with van der Waals surface area (Å²) in [6, 6.07) is 11.3. The van der Waals surface area contributed by atoms with Gasteiger partial charge < -0.3 is 14.5 Å². The zero-order valence-electron chi connectivity index (χ0n) is 16.4. The number of nitrogens with zero attached hydrogens (tertiary/aromatic N) is 5. The summed E-state index contributed by atoms with van der Waals surface area (Å²) in [4.78, 5) is 26.9. The molecule has 0 aliphatic carbocycles. The van der Waals surface area contributed by atoms with Gasteiger partial charge in [0.1, 0.15) is 17.1 Å². The molecule has 3 aromatic heterocycles. The molecule has 1 fully saturated rings. The van der Waals surface area contributed by atoms with Gasteiger partial charge in [0.2, 0.25) is 0 Å². The monoisotopic (exact) mass is 390 g/mol. The number of likely N-dealkylation sites (N-methyl/N-ethyl adjacent to an activating group) is 1. The van der Waals surface area contributed by atoms with E-state index in [4.69, 9.17) is 9.72 Å². The number of hydrogen-bond donors (Lipinski definition) is 1. The van der Waals surface area contributed by atoms with Gasteiger partial charge in [0.15, 0.2) is 0 Å². The Bertz CT molecular complexity index is 1240. The summed E-state index contributed by atoms with van der Waals surface area (Å²) in [7, 11) is 3.75. The fourth-order valence-corrected chi connectivity index (χ4v) is 3.74. The van der Waals surface area contributed by atoms with Gasteiger partial charge in [0.25, 0.3) is 5.56 Å². The molecule has 1 aromatic carbocycles. The minimum absolute atomic E-state index is 0.147. The first-order valence-corrected chi connectivity index (χ1v) is 9.62. The third-order valence-electron chi connectivity index (χ3n) is 5.51. The van der Waals surface area contributed by atoms with Crippen LogP contribution in [0.5, 0.6) is 5.75 Å². The van der Waals surface area contributed by atoms with Crippen LogP contribution in [0.4, 0.5) is 5.82 Å². The maximum absolute atomic E-state index is 13.0. The maximum Gasteiger partial charge on any atom is 0.280 e. The molecular formula is C21H22N6O2. The van der Waals surface area contributed by atoms with Crippen LogP contribution in [0, 0.1) is 0 Å². The molecule has 0 atom stereocenters. The normalized spacial score (nSPS) is 15.3. The Kier molecular flexibility index (Phi) is 4.21. The van der Waals surface area contributed by atoms with Crippen LogP contribution in [-0.4, -0.2) is 65.0 Å². The highest BCUT2D eigenvalue weighted by Gasteiger charge is 2.18. The van der Waals surface area contributed by atoms with E-state index in [9.17, 15) is 4.79 Å². The lowest BCUT2D eigenvalue weighted by Gasteiger charge is -2.33. The van der Waals surface area contributed by atoms with Gasteiger partial charge in [-0.25, -0.2) is 9.67 Å². The SMILES string of the molecule is COc1ccc(-n2[nH]c3c(cnc4ccc(N5CCN(C)CC5)nc43)c2=O)cc1. The van der Waals surface area contributed by atoms with E-state index in [0.717, 1.165) is 49.0 Å². The van der Waals surface area contributed by atoms with Crippen LogP contribution in [0.3, 0.4) is 0 Å². The van der Waals surface area contributed by atoms with Crippen molar-refractivity contribution in [3.63, 3.8) is 0 Å². The van der Waals surface area contributed by atoms with Gasteiger partial charge in [-0.3, -0.25) is 14.9 Å². The number of benzene rings is 1. The molecule has 0 radical (unpaired) electrons. The molecular weight excluding hydrogens is 368 g/mol. The fourth-order valence-electron chi connectivity index (χ4n) is 3.74. The Hall–Kier alpha value is -3.39. The first kappa shape index (κ1) is 17.7. The smallest absolute Gasteiger partial charge is 0.280 e. The summed E-state index contributed by atoms with van der Waals surface area (Å²) < 4.78 is 6.73. The quantitative estimate of drug-likeness (QED) is 0.577. The molecule has 8 heteroatoms. The van der Waals surface area contributed by atoms with Crippen molar-refractivity contribution in [2.75, 3.05) is 45.2 Å². The Balaban J connectivity index is 1.63. The highest BCUT2D eigenvalue weighted by Crippen LogP contribution is 2.23. The van der Waals surface area contributed by atoms with Crippen molar-refractivity contribution in [2.45, 2.75) is 0 Å². The molecule has 29 heavy (non-hydrogen) atoms. The number of H-pyrrole nitrogens is 1. The molecule has 5 rings (SSSR count). The highest BCUT2D eigenvalue weighted by molar-refractivity contribution is 6.00. The molecule has 0 saturated carbocycles. The largest absolute Gasteiger partial charge is 0.497 e. The van der Waals surface area contributed by atoms with E-state index in [1.165, 1.54) is 4.68 Å². The number of rotatable bonds is 3. The Morgan fingerprint density at radius 1 is 1.03 bits per heavy atom. The first-order valence-electron chi connectivity index (χ1n) is 9.62. The van der Waals surface area contributed by atoms with Gasteiger partial charge in [-0.1, -0.05) is 0 Å². The Labute approximate surface area is 167 Å². The minimum Gasteiger partial charge on any atom is -0.497 e. The topological polar surface area (TPSA) is 79.3 Å². The minimum atomic E-state index is -0.147. The molecule has 4 aromatic rings. The number of piperazine rings is 1. The van der Waals surface area contributed by atoms with E-state index in [2.05, 4.69) is 26.9 Å². The van der Waals surface area contributed by atoms with Crippen LogP contribution in [0.15, 0.2) is 47.4 Å². The van der Waals surface area contributed by atoms with Crippen molar-refractivity contribution in [1.29, 1.82) is 0 Å². The zero-order valence-corrected chi connectivity index (χ0v) is 16.4. The molecule has 8 nitrogen and oxygen atoms in total. The summed E-state index contributed by atoms with van der Waals surface area (Å²) in [6.45, 7) is 3.88. The van der Waals surface area contributed by atoms with E-state index >= 15 is 0 Å². The summed E-state index contributed by atoms with van der Waals surface area (Å²) in [5.41, 5.74) is 2.76. The van der Waals surface area contributed by atoms with E-state index in [1.54, 1.807) is 13.3 Å². The van der Waals surface area contributed by atoms with Gasteiger partial charge in [0.05, 0.1) is 29.2 Å². The molecule has 1 N–H and O–H groups in total. The van der Waals surface area contributed by atoms with Crippen LogP contribution in [-0.2, 0) is 0 Å². The fraction of sp³-hybridized carbons (Fsp3) is 0.286. The Morgan fingerprint density at radius 3 is 2.52 bits per heavy atom. The van der Waals surface area contributed by atoms with E-state index in [1.807, 2.05) is 36.4 Å². The summed E-state index contributed by atoms with van der Waals surface area (Å²) >= 11 is 0. The molecule has 0 amide bonds. The standard InChI is InChI=1S/C21H22N6O2/c1-25-9-11-26(12-10-25)18-8-7-17-20(23-18)19-16(13-22-17)21(28)27(24-19)14-3-5-15(29-2)6-4-14/h3-8,13,24H,9-12H2,1-2H3. The molecule has 1 aliphatic heterocycles. The summed E-state index contributed by atoms with van der Waals surface area (Å²) in [6.07, 6.45) is 1.62. The predicted octanol–water partition coefficient (Wildman–Crippen LogP) is 2.02. The van der Waals surface area contributed by atoms with Gasteiger partial charge in [0, 0.05) is 32.4 Å². The lowest BCUT2D eigenvalue weighted by molar-refractivity contribution is 0.312. The second-order valence-corrected chi connectivity index (χ2v) is 7.32. The van der Waals surface area contributed by atoms with Crippen LogP contribution >= 0.6 is 0 Å². The number of pyridine rings is 2. The predicted molar refractivity (Wildman–Crippen MR) is 113 cm³/mol. The van der Waals surface area contributed by atoms with Crippen molar-refractivity contribution in [3.05, 3.63) is 52.9 Å². The van der Waals surface area contributed by atoms with E-state index < -0.39 is 0 Å². The van der Waals surface area contributed by atoms with Gasteiger partial charge in [-0.05, 0) is 43.4 Å². The second-order valence-electron chi connectivity index (χ2n) is 7.32. The van der Waals surface area contributed by atoms with Gasteiger partial charge in [-0.15, -0.1) is 0 Å². The molecule has 148 valence electrons. The molecule has 4 heterocycles. The number of aromatic amines is 1. The number of anilines is 1. The van der Waals surface area contributed by atoms with E-state index in [-0.39, 0.29) is 5.56 Å². The highest BCUT2D eigenvalue weighted by atomic mass is 16.5. The zero-order chi connectivity index (χ0) is 20.0. The average molecular weight is 390 g/mol. The van der Waals surface area contributed by atoms with Crippen LogP contribution < -0.4 is 15.2 Å². The number of fused-ring (bicyclic) bond motifs is 3. The lowest BCUT2D eigenvalue weighted by Crippen LogP contribution is -2.44. The maximum atomic E-state index is 13.0. The van der Waals surface area contributed by atoms with Crippen molar-refractivity contribution >= 4 is 27.8 Å². The van der Waals surface area contributed by atoms with Gasteiger partial charge in [-0.2, -0.15) is 0 Å². The van der Waals surface area contributed by atoms with E-state index in [0.29, 0.717) is 16.4 Å². The molecule has 0 bridgehead atoms. The van der Waals surface area contributed by atoms with Crippen LogP contribution in [0.2, 0.25) is 0 Å². The number of aromatic nitrogens is 4. The number of nitrogens with one attached hydrogen (secondary N) is 1. The molecule has 0 unspecified atom stereocenters. The third-order valence-corrected chi connectivity index (χ3v) is 5.51. The summed E-state index contributed by atoms with van der Waals surface area (Å²) in [5.74, 6) is 1.65. The second kappa shape index (κ2) is 6.89. The number of hydrogen-bond acceptors (Lipinski definition) is 6. The molecule has 1 saturated heterocycles. The third kappa shape index (κ3) is 3.01.